The summed E-state index contributed by atoms with van der Waals surface area (Å²) in [5, 5.41) is 6.27. The van der Waals surface area contributed by atoms with Crippen molar-refractivity contribution in [2.24, 2.45) is 0 Å². The largest absolute Gasteiger partial charge is 0.340 e. The lowest BCUT2D eigenvalue weighted by molar-refractivity contribution is 0.596. The van der Waals surface area contributed by atoms with Gasteiger partial charge in [-0.3, -0.25) is 0 Å². The van der Waals surface area contributed by atoms with E-state index in [0.29, 0.717) is 11.6 Å². The number of fused-ring (bicyclic) bond motifs is 2. The summed E-state index contributed by atoms with van der Waals surface area (Å²) < 4.78 is 25.8. The Hall–Kier alpha value is -5.67. The maximum atomic E-state index is 12.9. The number of hydrogen-bond acceptors (Lipinski definition) is 8. The first-order valence-corrected chi connectivity index (χ1v) is 15.0. The van der Waals surface area contributed by atoms with E-state index < -0.39 is 9.84 Å². The molecule has 9 heteroatoms. The van der Waals surface area contributed by atoms with Crippen LogP contribution in [-0.4, -0.2) is 28.4 Å². The number of pyridine rings is 2. The maximum absolute atomic E-state index is 12.9. The van der Waals surface area contributed by atoms with Crippen LogP contribution in [0.2, 0.25) is 0 Å². The van der Waals surface area contributed by atoms with E-state index >= 15 is 0 Å². The quantitative estimate of drug-likeness (QED) is 0.193. The van der Waals surface area contributed by atoms with Crippen LogP contribution in [0.4, 0.5) is 23.0 Å². The molecule has 0 aliphatic carbocycles. The number of anilines is 4. The van der Waals surface area contributed by atoms with Gasteiger partial charge >= 0.3 is 0 Å². The molecule has 8 nitrogen and oxygen atoms in total. The molecule has 0 fully saturated rings. The molecule has 0 amide bonds. The summed E-state index contributed by atoms with van der Waals surface area (Å²) in [6, 6.07) is 40.1. The molecule has 210 valence electrons. The molecule has 43 heavy (non-hydrogen) atoms. The highest BCUT2D eigenvalue weighted by atomic mass is 32.2. The highest BCUT2D eigenvalue weighted by Crippen LogP contribution is 2.25. The Morgan fingerprint density at radius 2 is 0.767 bits per heavy atom. The standard InChI is InChI=1S/C22H18N4O2S.C12H8N2/c27-29(28,19-11-7-17(8-12-19)25-21-5-1-3-15-23-21)20-13-9-18(10-14-20)26-22-6-2-4-16-24-22;1-2-6-10-9(5-1)13-11-7-3-4-8-12(11)14-10/h1-16H,(H,23,25)(H,24,26);1-8H. The Labute approximate surface area is 249 Å². The minimum atomic E-state index is -3.61. The average molecular weight is 583 g/mol. The fourth-order valence-electron chi connectivity index (χ4n) is 4.31. The highest BCUT2D eigenvalue weighted by Gasteiger charge is 2.17. The van der Waals surface area contributed by atoms with Gasteiger partial charge in [0.15, 0.2) is 0 Å². The van der Waals surface area contributed by atoms with Crippen molar-refractivity contribution in [2.75, 3.05) is 10.6 Å². The van der Waals surface area contributed by atoms with Crippen molar-refractivity contribution < 1.29 is 8.42 Å². The van der Waals surface area contributed by atoms with Crippen LogP contribution in [0.3, 0.4) is 0 Å². The van der Waals surface area contributed by atoms with Gasteiger partial charge in [-0.05, 0) is 97.1 Å². The SMILES string of the molecule is O=S(=O)(c1ccc(Nc2ccccn2)cc1)c1ccc(Nc2ccccn2)cc1.c1ccc2nc3ccccc3nc2c1. The second-order valence-electron chi connectivity index (χ2n) is 9.43. The van der Waals surface area contributed by atoms with Gasteiger partial charge in [-0.15, -0.1) is 0 Å². The zero-order valence-electron chi connectivity index (χ0n) is 22.9. The van der Waals surface area contributed by atoms with Gasteiger partial charge < -0.3 is 10.6 Å². The molecular formula is C34H26N6O2S. The number of sulfone groups is 1. The lowest BCUT2D eigenvalue weighted by Crippen LogP contribution is -2.02. The van der Waals surface area contributed by atoms with Crippen molar-refractivity contribution in [3.05, 3.63) is 146 Å². The van der Waals surface area contributed by atoms with Crippen LogP contribution < -0.4 is 10.6 Å². The summed E-state index contributed by atoms with van der Waals surface area (Å²) in [5.41, 5.74) is 5.32. The molecular weight excluding hydrogens is 556 g/mol. The molecule has 0 aliphatic rings. The molecule has 0 bridgehead atoms. The third-order valence-electron chi connectivity index (χ3n) is 6.45. The predicted molar refractivity (Wildman–Crippen MR) is 170 cm³/mol. The lowest BCUT2D eigenvalue weighted by atomic mass is 10.2. The van der Waals surface area contributed by atoms with Gasteiger partial charge in [-0.2, -0.15) is 0 Å². The first-order valence-electron chi connectivity index (χ1n) is 13.5. The topological polar surface area (TPSA) is 110 Å². The van der Waals surface area contributed by atoms with E-state index in [2.05, 4.69) is 30.6 Å². The smallest absolute Gasteiger partial charge is 0.206 e. The van der Waals surface area contributed by atoms with E-state index in [1.807, 2.05) is 84.9 Å². The van der Waals surface area contributed by atoms with Gasteiger partial charge in [0.2, 0.25) is 9.84 Å². The van der Waals surface area contributed by atoms with E-state index in [1.165, 1.54) is 0 Å². The van der Waals surface area contributed by atoms with Crippen LogP contribution in [0.25, 0.3) is 22.1 Å². The van der Waals surface area contributed by atoms with E-state index in [-0.39, 0.29) is 9.79 Å². The molecule has 0 atom stereocenters. The molecule has 7 aromatic rings. The molecule has 0 aliphatic heterocycles. The van der Waals surface area contributed by atoms with E-state index in [4.69, 9.17) is 0 Å². The summed E-state index contributed by atoms with van der Waals surface area (Å²) >= 11 is 0. The van der Waals surface area contributed by atoms with Gasteiger partial charge in [0.25, 0.3) is 0 Å². The monoisotopic (exact) mass is 582 g/mol. The average Bonchev–Trinajstić information content (AvgIpc) is 3.05. The number of rotatable bonds is 6. The lowest BCUT2D eigenvalue weighted by Gasteiger charge is -2.09. The number of nitrogens with zero attached hydrogens (tertiary/aromatic N) is 4. The molecule has 3 heterocycles. The molecule has 3 aromatic heterocycles. The van der Waals surface area contributed by atoms with E-state index in [9.17, 15) is 8.42 Å². The highest BCUT2D eigenvalue weighted by molar-refractivity contribution is 7.91. The predicted octanol–water partition coefficient (Wildman–Crippen LogP) is 7.58. The number of benzene rings is 4. The fraction of sp³-hybridized carbons (Fsp3) is 0. The molecule has 0 unspecified atom stereocenters. The minimum Gasteiger partial charge on any atom is -0.340 e. The van der Waals surface area contributed by atoms with Gasteiger partial charge in [0.05, 0.1) is 31.9 Å². The molecule has 0 radical (unpaired) electrons. The number of nitrogens with one attached hydrogen (secondary N) is 2. The second-order valence-corrected chi connectivity index (χ2v) is 11.4. The fourth-order valence-corrected chi connectivity index (χ4v) is 5.57. The number of para-hydroxylation sites is 4. The minimum absolute atomic E-state index is 0.231. The normalized spacial score (nSPS) is 11.0. The first-order chi connectivity index (χ1) is 21.0. The molecule has 0 spiro atoms. The van der Waals surface area contributed by atoms with Crippen molar-refractivity contribution in [3.63, 3.8) is 0 Å². The van der Waals surface area contributed by atoms with Gasteiger partial charge in [-0.25, -0.2) is 28.4 Å². The van der Waals surface area contributed by atoms with Crippen LogP contribution in [0, 0.1) is 0 Å². The molecule has 0 saturated carbocycles. The van der Waals surface area contributed by atoms with Crippen LogP contribution in [0.5, 0.6) is 0 Å². The van der Waals surface area contributed by atoms with Crippen molar-refractivity contribution >= 4 is 54.9 Å². The second kappa shape index (κ2) is 12.5. The molecule has 0 saturated heterocycles. The van der Waals surface area contributed by atoms with Crippen LogP contribution in [0.15, 0.2) is 156 Å². The maximum Gasteiger partial charge on any atom is 0.206 e. The number of aromatic nitrogens is 4. The Kier molecular flexibility index (Phi) is 7.97. The Morgan fingerprint density at radius 1 is 0.419 bits per heavy atom. The van der Waals surface area contributed by atoms with Gasteiger partial charge in [0, 0.05) is 23.8 Å². The summed E-state index contributed by atoms with van der Waals surface area (Å²) in [6.07, 6.45) is 3.38. The van der Waals surface area contributed by atoms with Gasteiger partial charge in [-0.1, -0.05) is 36.4 Å². The summed E-state index contributed by atoms with van der Waals surface area (Å²) in [4.78, 5) is 17.9. The third-order valence-corrected chi connectivity index (χ3v) is 8.23. The van der Waals surface area contributed by atoms with Gasteiger partial charge in [0.1, 0.15) is 11.6 Å². The van der Waals surface area contributed by atoms with Crippen LogP contribution in [0.1, 0.15) is 0 Å². The third kappa shape index (κ3) is 6.64. The summed E-state index contributed by atoms with van der Waals surface area (Å²) in [5.74, 6) is 1.39. The Bertz CT molecular complexity index is 1880. The van der Waals surface area contributed by atoms with Crippen molar-refractivity contribution in [1.29, 1.82) is 0 Å². The molecule has 4 aromatic carbocycles. The Balaban J connectivity index is 0.000000195. The van der Waals surface area contributed by atoms with Crippen molar-refractivity contribution in [1.82, 2.24) is 19.9 Å². The van der Waals surface area contributed by atoms with Crippen LogP contribution >= 0.6 is 0 Å². The first kappa shape index (κ1) is 27.5. The summed E-state index contributed by atoms with van der Waals surface area (Å²) in [7, 11) is -3.61. The van der Waals surface area contributed by atoms with Crippen molar-refractivity contribution in [2.45, 2.75) is 9.79 Å². The zero-order valence-corrected chi connectivity index (χ0v) is 23.7. The Morgan fingerprint density at radius 3 is 1.09 bits per heavy atom. The molecule has 7 rings (SSSR count). The summed E-state index contributed by atoms with van der Waals surface area (Å²) in [6.45, 7) is 0. The van der Waals surface area contributed by atoms with Crippen molar-refractivity contribution in [3.8, 4) is 0 Å². The number of hydrogen-bond donors (Lipinski definition) is 2. The van der Waals surface area contributed by atoms with E-state index in [1.54, 1.807) is 60.9 Å². The van der Waals surface area contributed by atoms with E-state index in [0.717, 1.165) is 33.4 Å². The van der Waals surface area contributed by atoms with Crippen LogP contribution in [-0.2, 0) is 9.84 Å². The zero-order chi connectivity index (χ0) is 29.5. The molecule has 2 N–H and O–H groups in total.